The number of carbonyl (C=O) groups excluding carboxylic acids is 3. The Balaban J connectivity index is 0.000000387. The highest BCUT2D eigenvalue weighted by atomic mass is 16.5. The molecule has 0 aromatic heterocycles. The van der Waals surface area contributed by atoms with Crippen LogP contribution in [0.1, 0.15) is 5.56 Å². The molecule has 213 valence electrons. The molecule has 1 radical (unpaired) electrons. The van der Waals surface area contributed by atoms with Crippen molar-refractivity contribution in [2.75, 3.05) is 61.2 Å². The van der Waals surface area contributed by atoms with E-state index in [4.69, 9.17) is 18.9 Å². The van der Waals surface area contributed by atoms with E-state index in [0.717, 1.165) is 44.0 Å². The maximum Gasteiger partial charge on any atom is 0.203 e. The molecule has 0 saturated carbocycles. The number of hydrogen-bond donors (Lipinski definition) is 0. The minimum absolute atomic E-state index is 0.00196. The van der Waals surface area contributed by atoms with Gasteiger partial charge in [0.15, 0.2) is 11.5 Å². The highest BCUT2D eigenvalue weighted by molar-refractivity contribution is 5.87. The number of aliphatic carboxylic acids is 3. The van der Waals surface area contributed by atoms with Gasteiger partial charge in [0.2, 0.25) is 5.75 Å². The number of carbonyl (C=O) groups is 3. The standard InChI is InChI=1S/C16H24N2O5.C7H7O.C4H4O4/c1-21-13-8-12(9-14(22-2)16(13)23-3)10-17-4-6-18(7-5-17)11-15(19)20;1-8-7-5-3-2-4-6-7;5-3(6)1-2-4(7)8/h8-9H,4-7,10-11H2,1-3H3,(H,19,20);3-6H,1H3;1-2H,(H,5,6)(H,7,8)/p-3/b;;2-1+. The third-order valence-corrected chi connectivity index (χ3v) is 5.23. The summed E-state index contributed by atoms with van der Waals surface area (Å²) in [5.74, 6) is -1.39. The maximum absolute atomic E-state index is 10.6. The van der Waals surface area contributed by atoms with Crippen LogP contribution in [0.2, 0.25) is 0 Å². The number of ether oxygens (including phenoxy) is 4. The molecule has 2 aromatic carbocycles. The normalized spacial score (nSPS) is 13.2. The van der Waals surface area contributed by atoms with Crippen LogP contribution in [-0.2, 0) is 20.9 Å². The van der Waals surface area contributed by atoms with Gasteiger partial charge >= 0.3 is 0 Å². The SMILES string of the molecule is COc1cc(CN2CCN(CC(=O)[O-])CC2)cc(OC)c1OC.COc1cc[c]cc1.O=C([O-])/C=C/C(=O)[O-]. The van der Waals surface area contributed by atoms with Crippen LogP contribution >= 0.6 is 0 Å². The highest BCUT2D eigenvalue weighted by Crippen LogP contribution is 2.38. The van der Waals surface area contributed by atoms with Crippen molar-refractivity contribution in [3.8, 4) is 23.0 Å². The number of methoxy groups -OCH3 is 4. The van der Waals surface area contributed by atoms with Crippen LogP contribution in [-0.4, -0.2) is 88.9 Å². The minimum atomic E-state index is -1.55. The lowest BCUT2D eigenvalue weighted by Gasteiger charge is -2.34. The average Bonchev–Trinajstić information content (AvgIpc) is 2.93. The highest BCUT2D eigenvalue weighted by Gasteiger charge is 2.19. The number of nitrogens with zero attached hydrogens (tertiary/aromatic N) is 2. The maximum atomic E-state index is 10.6. The van der Waals surface area contributed by atoms with Gasteiger partial charge in [-0.3, -0.25) is 9.80 Å². The number of carboxylic acids is 3. The summed E-state index contributed by atoms with van der Waals surface area (Å²) in [6, 6.07) is 14.1. The van der Waals surface area contributed by atoms with Crippen molar-refractivity contribution in [3.05, 3.63) is 60.2 Å². The smallest absolute Gasteiger partial charge is 0.203 e. The summed E-state index contributed by atoms with van der Waals surface area (Å²) in [7, 11) is 6.42. The lowest BCUT2D eigenvalue weighted by atomic mass is 10.1. The Morgan fingerprint density at radius 1 is 0.795 bits per heavy atom. The summed E-state index contributed by atoms with van der Waals surface area (Å²) in [5.41, 5.74) is 1.06. The third-order valence-electron chi connectivity index (χ3n) is 5.23. The summed E-state index contributed by atoms with van der Waals surface area (Å²) in [5, 5.41) is 29.5. The third kappa shape index (κ3) is 13.2. The molecular weight excluding hydrogens is 512 g/mol. The van der Waals surface area contributed by atoms with Crippen LogP contribution in [0, 0.1) is 6.07 Å². The number of piperazine rings is 1. The Morgan fingerprint density at radius 2 is 1.28 bits per heavy atom. The monoisotopic (exact) mass is 544 g/mol. The van der Waals surface area contributed by atoms with Crippen molar-refractivity contribution in [2.45, 2.75) is 6.54 Å². The molecule has 0 bridgehead atoms. The van der Waals surface area contributed by atoms with Crippen molar-refractivity contribution >= 4 is 17.9 Å². The second kappa shape index (κ2) is 18.0. The van der Waals surface area contributed by atoms with Crippen molar-refractivity contribution < 1.29 is 48.7 Å². The Morgan fingerprint density at radius 3 is 1.64 bits per heavy atom. The second-order valence-electron chi connectivity index (χ2n) is 7.87. The number of benzene rings is 2. The first kappa shape index (κ1) is 32.7. The molecule has 1 aliphatic rings. The molecule has 1 saturated heterocycles. The molecule has 0 aliphatic carbocycles. The van der Waals surface area contributed by atoms with E-state index in [9.17, 15) is 29.7 Å². The van der Waals surface area contributed by atoms with Gasteiger partial charge in [-0.25, -0.2) is 0 Å². The lowest BCUT2D eigenvalue weighted by Crippen LogP contribution is -2.49. The Bertz CT molecular complexity index is 1030. The van der Waals surface area contributed by atoms with Gasteiger partial charge in [0.05, 0.1) is 46.3 Å². The van der Waals surface area contributed by atoms with E-state index in [2.05, 4.69) is 11.0 Å². The Hall–Kier alpha value is -4.29. The van der Waals surface area contributed by atoms with Crippen LogP contribution in [0.3, 0.4) is 0 Å². The fourth-order valence-electron chi connectivity index (χ4n) is 3.42. The van der Waals surface area contributed by atoms with Crippen LogP contribution in [0.25, 0.3) is 0 Å². The van der Waals surface area contributed by atoms with E-state index >= 15 is 0 Å². The molecule has 1 heterocycles. The van der Waals surface area contributed by atoms with Crippen LogP contribution in [0.5, 0.6) is 23.0 Å². The zero-order valence-electron chi connectivity index (χ0n) is 22.3. The molecule has 0 unspecified atom stereocenters. The van der Waals surface area contributed by atoms with Gasteiger partial charge in [0.25, 0.3) is 0 Å². The molecule has 12 heteroatoms. The summed E-state index contributed by atoms with van der Waals surface area (Å²) in [6.45, 7) is 3.80. The van der Waals surface area contributed by atoms with Crippen molar-refractivity contribution in [2.24, 2.45) is 0 Å². The summed E-state index contributed by atoms with van der Waals surface area (Å²) in [6.07, 6.45) is 0.769. The van der Waals surface area contributed by atoms with Crippen molar-refractivity contribution in [1.82, 2.24) is 9.80 Å². The van der Waals surface area contributed by atoms with Gasteiger partial charge in [0.1, 0.15) is 5.75 Å². The molecule has 1 fully saturated rings. The van der Waals surface area contributed by atoms with E-state index in [1.54, 1.807) is 28.4 Å². The molecule has 2 aromatic rings. The number of carboxylic acid groups (broad SMARTS) is 3. The molecule has 0 spiro atoms. The number of rotatable bonds is 10. The van der Waals surface area contributed by atoms with Crippen LogP contribution in [0.4, 0.5) is 0 Å². The predicted molar refractivity (Wildman–Crippen MR) is 134 cm³/mol. The topological polar surface area (TPSA) is 164 Å². The average molecular weight is 545 g/mol. The fourth-order valence-corrected chi connectivity index (χ4v) is 3.42. The fraction of sp³-hybridized carbons (Fsp3) is 0.370. The molecule has 0 amide bonds. The van der Waals surface area contributed by atoms with Crippen molar-refractivity contribution in [1.29, 1.82) is 0 Å². The van der Waals surface area contributed by atoms with Crippen LogP contribution < -0.4 is 34.3 Å². The lowest BCUT2D eigenvalue weighted by molar-refractivity contribution is -0.306. The van der Waals surface area contributed by atoms with E-state index in [-0.39, 0.29) is 6.54 Å². The quantitative estimate of drug-likeness (QED) is 0.306. The molecule has 0 N–H and O–H groups in total. The summed E-state index contributed by atoms with van der Waals surface area (Å²) >= 11 is 0. The van der Waals surface area contributed by atoms with Crippen molar-refractivity contribution in [3.63, 3.8) is 0 Å². The zero-order chi connectivity index (χ0) is 29.2. The van der Waals surface area contributed by atoms with Gasteiger partial charge in [-0.15, -0.1) is 0 Å². The summed E-state index contributed by atoms with van der Waals surface area (Å²) in [4.78, 5) is 33.6. The predicted octanol–water partition coefficient (Wildman–Crippen LogP) is -1.88. The largest absolute Gasteiger partial charge is 0.549 e. The van der Waals surface area contributed by atoms with E-state index in [0.29, 0.717) is 29.4 Å². The van der Waals surface area contributed by atoms with Gasteiger partial charge < -0.3 is 48.7 Å². The van der Waals surface area contributed by atoms with E-state index in [1.165, 1.54) is 0 Å². The molecule has 0 atom stereocenters. The van der Waals surface area contributed by atoms with Gasteiger partial charge in [-0.05, 0) is 48.0 Å². The van der Waals surface area contributed by atoms with Gasteiger partial charge in [-0.2, -0.15) is 0 Å². The molecule has 39 heavy (non-hydrogen) atoms. The summed E-state index contributed by atoms with van der Waals surface area (Å²) < 4.78 is 20.9. The van der Waals surface area contributed by atoms with Gasteiger partial charge in [-0.1, -0.05) is 12.1 Å². The van der Waals surface area contributed by atoms with Crippen LogP contribution in [0.15, 0.2) is 48.6 Å². The molecular formula is C27H32N2O10-3. The zero-order valence-corrected chi connectivity index (χ0v) is 22.3. The van der Waals surface area contributed by atoms with E-state index < -0.39 is 17.9 Å². The minimum Gasteiger partial charge on any atom is -0.549 e. The Labute approximate surface area is 227 Å². The molecule has 3 rings (SSSR count). The first-order valence-corrected chi connectivity index (χ1v) is 11.7. The second-order valence-corrected chi connectivity index (χ2v) is 7.87. The first-order chi connectivity index (χ1) is 18.6. The number of hydrogen-bond acceptors (Lipinski definition) is 12. The molecule has 12 nitrogen and oxygen atoms in total. The Kier molecular flexibility index (Phi) is 15.1. The first-order valence-electron chi connectivity index (χ1n) is 11.7. The van der Waals surface area contributed by atoms with Gasteiger partial charge in [0, 0.05) is 39.3 Å². The molecule has 1 aliphatic heterocycles. The van der Waals surface area contributed by atoms with E-state index in [1.807, 2.05) is 41.3 Å².